The van der Waals surface area contributed by atoms with E-state index in [9.17, 15) is 21.6 Å². The molecule has 0 aliphatic rings. The summed E-state index contributed by atoms with van der Waals surface area (Å²) in [4.78, 5) is 0. The fourth-order valence-electron chi connectivity index (χ4n) is 0.648. The summed E-state index contributed by atoms with van der Waals surface area (Å²) in [6, 6.07) is 0. The van der Waals surface area contributed by atoms with Crippen LogP contribution in [0.15, 0.2) is 0 Å². The van der Waals surface area contributed by atoms with Gasteiger partial charge in [-0.2, -0.15) is 21.6 Å². The highest BCUT2D eigenvalue weighted by Gasteiger charge is 2.47. The molecule has 0 amide bonds. The van der Waals surface area contributed by atoms with Crippen LogP contribution in [0.2, 0.25) is 5.04 Å². The van der Waals surface area contributed by atoms with Gasteiger partial charge >= 0.3 is 15.6 Å². The zero-order valence-corrected chi connectivity index (χ0v) is 11.5. The first-order chi connectivity index (χ1) is 6.96. The Morgan fingerprint density at radius 2 is 1.62 bits per heavy atom. The molecule has 0 spiro atoms. The van der Waals surface area contributed by atoms with Crippen LogP contribution in [0.1, 0.15) is 20.8 Å². The average molecular weight is 280 g/mol. The molecule has 0 fully saturated rings. The van der Waals surface area contributed by atoms with Gasteiger partial charge in [0.15, 0.2) is 9.76 Å². The van der Waals surface area contributed by atoms with Gasteiger partial charge in [-0.05, 0) is 5.04 Å². The molecule has 0 aliphatic carbocycles. The normalized spacial score (nSPS) is 14.9. The van der Waals surface area contributed by atoms with E-state index in [-0.39, 0.29) is 11.6 Å². The van der Waals surface area contributed by atoms with Gasteiger partial charge in [0.05, 0.1) is 13.2 Å². The van der Waals surface area contributed by atoms with Crippen LogP contribution in [-0.4, -0.2) is 36.9 Å². The van der Waals surface area contributed by atoms with Gasteiger partial charge in [-0.3, -0.25) is 4.18 Å². The number of rotatable bonds is 5. The summed E-state index contributed by atoms with van der Waals surface area (Å²) < 4.78 is 65.0. The minimum Gasteiger partial charge on any atom is -0.421 e. The summed E-state index contributed by atoms with van der Waals surface area (Å²) in [6.07, 6.45) is 0. The van der Waals surface area contributed by atoms with E-state index in [1.807, 2.05) is 20.8 Å². The van der Waals surface area contributed by atoms with Crippen LogP contribution in [0.5, 0.6) is 0 Å². The standard InChI is InChI=1S/C7H15F3O4SSi/c1-6(2,3)16-14-5-4-13-15(11,12)7(8,9)10/h4-5,16H2,1-3H3. The lowest BCUT2D eigenvalue weighted by Gasteiger charge is -2.17. The topological polar surface area (TPSA) is 52.6 Å². The molecular formula is C7H15F3O4SSi. The Bertz CT molecular complexity index is 307. The summed E-state index contributed by atoms with van der Waals surface area (Å²) in [5, 5.41) is 0.00288. The summed E-state index contributed by atoms with van der Waals surface area (Å²) in [5.74, 6) is 0. The molecule has 0 saturated heterocycles. The molecule has 0 aliphatic heterocycles. The summed E-state index contributed by atoms with van der Waals surface area (Å²) in [6.45, 7) is 5.06. The van der Waals surface area contributed by atoms with Crippen LogP contribution in [0, 0.1) is 0 Å². The van der Waals surface area contributed by atoms with Gasteiger partial charge in [-0.25, -0.2) is 0 Å². The lowest BCUT2D eigenvalue weighted by Crippen LogP contribution is -2.27. The molecule has 0 atom stereocenters. The number of halogens is 3. The van der Waals surface area contributed by atoms with Crippen molar-refractivity contribution in [3.8, 4) is 0 Å². The van der Waals surface area contributed by atoms with Gasteiger partial charge < -0.3 is 4.43 Å². The van der Waals surface area contributed by atoms with Crippen LogP contribution >= 0.6 is 0 Å². The molecule has 98 valence electrons. The molecule has 0 saturated carbocycles. The Kier molecular flexibility index (Phi) is 5.43. The monoisotopic (exact) mass is 280 g/mol. The maximum Gasteiger partial charge on any atom is 0.523 e. The minimum atomic E-state index is -5.48. The molecule has 0 unspecified atom stereocenters. The van der Waals surface area contributed by atoms with Crippen molar-refractivity contribution in [2.24, 2.45) is 0 Å². The fraction of sp³-hybridized carbons (Fsp3) is 1.00. The smallest absolute Gasteiger partial charge is 0.421 e. The third kappa shape index (κ3) is 6.46. The van der Waals surface area contributed by atoms with Crippen LogP contribution in [0.25, 0.3) is 0 Å². The van der Waals surface area contributed by atoms with Crippen LogP contribution in [-0.2, 0) is 18.7 Å². The van der Waals surface area contributed by atoms with E-state index in [0.29, 0.717) is 0 Å². The third-order valence-corrected chi connectivity index (χ3v) is 3.69. The van der Waals surface area contributed by atoms with Crippen molar-refractivity contribution in [3.05, 3.63) is 0 Å². The Balaban J connectivity index is 3.85. The predicted octanol–water partition coefficient (Wildman–Crippen LogP) is 1.17. The van der Waals surface area contributed by atoms with Crippen molar-refractivity contribution < 1.29 is 30.2 Å². The highest BCUT2D eigenvalue weighted by molar-refractivity contribution is 7.87. The molecule has 0 rings (SSSR count). The highest BCUT2D eigenvalue weighted by Crippen LogP contribution is 2.24. The lowest BCUT2D eigenvalue weighted by atomic mass is 10.3. The zero-order chi connectivity index (χ0) is 13.0. The number of hydrogen-bond acceptors (Lipinski definition) is 4. The van der Waals surface area contributed by atoms with E-state index in [1.165, 1.54) is 0 Å². The van der Waals surface area contributed by atoms with Crippen molar-refractivity contribution in [2.75, 3.05) is 13.2 Å². The van der Waals surface area contributed by atoms with Crippen molar-refractivity contribution in [1.82, 2.24) is 0 Å². The minimum absolute atomic E-state index is 0.00288. The summed E-state index contributed by atoms with van der Waals surface area (Å²) in [7, 11) is -6.38. The average Bonchev–Trinajstić information content (AvgIpc) is 1.98. The van der Waals surface area contributed by atoms with Gasteiger partial charge in [0.25, 0.3) is 0 Å². The van der Waals surface area contributed by atoms with Gasteiger partial charge in [0.1, 0.15) is 0 Å². The van der Waals surface area contributed by atoms with Gasteiger partial charge in [0, 0.05) is 0 Å². The molecule has 4 nitrogen and oxygen atoms in total. The van der Waals surface area contributed by atoms with Gasteiger partial charge in [-0.15, -0.1) is 0 Å². The van der Waals surface area contributed by atoms with E-state index < -0.39 is 32.0 Å². The van der Waals surface area contributed by atoms with Crippen molar-refractivity contribution in [3.63, 3.8) is 0 Å². The second-order valence-corrected chi connectivity index (χ2v) is 8.76. The first-order valence-electron chi connectivity index (χ1n) is 4.49. The number of hydrogen-bond donors (Lipinski definition) is 0. The Labute approximate surface area is 95.2 Å². The largest absolute Gasteiger partial charge is 0.523 e. The van der Waals surface area contributed by atoms with E-state index in [1.54, 1.807) is 0 Å². The van der Waals surface area contributed by atoms with Gasteiger partial charge in [0.2, 0.25) is 0 Å². The van der Waals surface area contributed by atoms with Crippen LogP contribution in [0.4, 0.5) is 13.2 Å². The quantitative estimate of drug-likeness (QED) is 0.328. The molecule has 16 heavy (non-hydrogen) atoms. The first-order valence-corrected chi connectivity index (χ1v) is 7.18. The SMILES string of the molecule is CC(C)(C)[SiH2]OCCOS(=O)(=O)C(F)(F)F. The second kappa shape index (κ2) is 5.47. The number of alkyl halides is 3. The molecule has 0 radical (unpaired) electrons. The molecule has 0 aromatic carbocycles. The molecule has 9 heteroatoms. The zero-order valence-electron chi connectivity index (χ0n) is 9.30. The van der Waals surface area contributed by atoms with E-state index in [0.717, 1.165) is 0 Å². The fourth-order valence-corrected chi connectivity index (χ4v) is 1.94. The second-order valence-electron chi connectivity index (χ2n) is 4.34. The summed E-state index contributed by atoms with van der Waals surface area (Å²) >= 11 is 0. The molecule has 0 bridgehead atoms. The lowest BCUT2D eigenvalue weighted by molar-refractivity contribution is -0.0547. The van der Waals surface area contributed by atoms with Gasteiger partial charge in [-0.1, -0.05) is 20.8 Å². The van der Waals surface area contributed by atoms with E-state index in [2.05, 4.69) is 4.18 Å². The Morgan fingerprint density at radius 3 is 2.00 bits per heavy atom. The first kappa shape index (κ1) is 15.9. The summed E-state index contributed by atoms with van der Waals surface area (Å²) in [5.41, 5.74) is -5.37. The van der Waals surface area contributed by atoms with E-state index in [4.69, 9.17) is 4.43 Å². The highest BCUT2D eigenvalue weighted by atomic mass is 32.2. The van der Waals surface area contributed by atoms with Crippen LogP contribution in [0.3, 0.4) is 0 Å². The predicted molar refractivity (Wildman–Crippen MR) is 55.1 cm³/mol. The molecule has 0 aromatic heterocycles. The Morgan fingerprint density at radius 1 is 1.12 bits per heavy atom. The Hall–Kier alpha value is -0.123. The van der Waals surface area contributed by atoms with Crippen LogP contribution < -0.4 is 0 Å². The van der Waals surface area contributed by atoms with Crippen molar-refractivity contribution >= 4 is 19.9 Å². The maximum atomic E-state index is 11.8. The molecule has 0 heterocycles. The van der Waals surface area contributed by atoms with E-state index >= 15 is 0 Å². The van der Waals surface area contributed by atoms with Crippen molar-refractivity contribution in [2.45, 2.75) is 31.3 Å². The third-order valence-electron chi connectivity index (χ3n) is 1.28. The molecule has 0 N–H and O–H groups in total. The maximum absolute atomic E-state index is 11.8. The van der Waals surface area contributed by atoms with Crippen molar-refractivity contribution in [1.29, 1.82) is 0 Å². The molecule has 0 aromatic rings. The molecular weight excluding hydrogens is 265 g/mol.